The number of ether oxygens (including phenoxy) is 1. The number of phenols is 1. The minimum absolute atomic E-state index is 0.0792. The third-order valence-corrected chi connectivity index (χ3v) is 3.99. The van der Waals surface area contributed by atoms with Gasteiger partial charge in [-0.2, -0.15) is 0 Å². The molecule has 0 saturated heterocycles. The lowest BCUT2D eigenvalue weighted by Gasteiger charge is -2.07. The predicted molar refractivity (Wildman–Crippen MR) is 93.4 cm³/mol. The highest BCUT2D eigenvalue weighted by Gasteiger charge is 2.23. The van der Waals surface area contributed by atoms with Crippen molar-refractivity contribution in [3.05, 3.63) is 53.6 Å². The SMILES string of the molecule is CCOC(=O)c1c(-c2ccc(C(C)C)cc2)oc2ccc(O)cc12. The number of fused-ring (bicyclic) bond motifs is 1. The van der Waals surface area contributed by atoms with Gasteiger partial charge in [-0.05, 0) is 36.6 Å². The molecular weight excluding hydrogens is 304 g/mol. The molecular formula is C20H20O4. The van der Waals surface area contributed by atoms with Crippen LogP contribution in [-0.2, 0) is 4.74 Å². The van der Waals surface area contributed by atoms with Crippen LogP contribution in [-0.4, -0.2) is 17.7 Å². The molecule has 124 valence electrons. The van der Waals surface area contributed by atoms with Gasteiger partial charge < -0.3 is 14.3 Å². The zero-order chi connectivity index (χ0) is 17.3. The summed E-state index contributed by atoms with van der Waals surface area (Å²) < 4.78 is 11.1. The van der Waals surface area contributed by atoms with Crippen molar-refractivity contribution in [2.45, 2.75) is 26.7 Å². The first-order valence-electron chi connectivity index (χ1n) is 8.04. The van der Waals surface area contributed by atoms with Gasteiger partial charge in [0.1, 0.15) is 22.7 Å². The average molecular weight is 324 g/mol. The molecule has 4 nitrogen and oxygen atoms in total. The maximum absolute atomic E-state index is 12.4. The van der Waals surface area contributed by atoms with Crippen molar-refractivity contribution in [1.82, 2.24) is 0 Å². The standard InChI is InChI=1S/C20H20O4/c1-4-23-20(22)18-16-11-15(21)9-10-17(16)24-19(18)14-7-5-13(6-8-14)12(2)3/h5-12,21H,4H2,1-3H3. The molecule has 3 aromatic rings. The van der Waals surface area contributed by atoms with Crippen molar-refractivity contribution >= 4 is 16.9 Å². The third kappa shape index (κ3) is 2.87. The summed E-state index contributed by atoms with van der Waals surface area (Å²) in [5, 5.41) is 10.3. The van der Waals surface area contributed by atoms with E-state index in [1.807, 2.05) is 24.3 Å². The van der Waals surface area contributed by atoms with E-state index in [1.54, 1.807) is 13.0 Å². The zero-order valence-corrected chi connectivity index (χ0v) is 14.0. The van der Waals surface area contributed by atoms with E-state index in [1.165, 1.54) is 17.7 Å². The van der Waals surface area contributed by atoms with Crippen molar-refractivity contribution in [3.63, 3.8) is 0 Å². The summed E-state index contributed by atoms with van der Waals surface area (Å²) in [6.45, 7) is 6.29. The van der Waals surface area contributed by atoms with E-state index >= 15 is 0 Å². The van der Waals surface area contributed by atoms with Crippen LogP contribution >= 0.6 is 0 Å². The van der Waals surface area contributed by atoms with Gasteiger partial charge in [0.05, 0.1) is 6.61 Å². The first kappa shape index (κ1) is 16.1. The minimum atomic E-state index is -0.454. The Balaban J connectivity index is 2.19. The monoisotopic (exact) mass is 324 g/mol. The number of furan rings is 1. The zero-order valence-electron chi connectivity index (χ0n) is 14.0. The normalized spacial score (nSPS) is 11.2. The lowest BCUT2D eigenvalue weighted by Crippen LogP contribution is -2.05. The van der Waals surface area contributed by atoms with Crippen LogP contribution in [0.15, 0.2) is 46.9 Å². The lowest BCUT2D eigenvalue weighted by molar-refractivity contribution is 0.0529. The topological polar surface area (TPSA) is 59.7 Å². The summed E-state index contributed by atoms with van der Waals surface area (Å²) in [6.07, 6.45) is 0. The van der Waals surface area contributed by atoms with Crippen molar-refractivity contribution < 1.29 is 19.1 Å². The molecule has 0 aliphatic rings. The number of hydrogen-bond acceptors (Lipinski definition) is 4. The largest absolute Gasteiger partial charge is 0.508 e. The fraction of sp³-hybridized carbons (Fsp3) is 0.250. The van der Waals surface area contributed by atoms with Gasteiger partial charge in [-0.3, -0.25) is 0 Å². The van der Waals surface area contributed by atoms with Crippen molar-refractivity contribution in [2.75, 3.05) is 6.61 Å². The molecule has 2 aromatic carbocycles. The smallest absolute Gasteiger partial charge is 0.342 e. The third-order valence-electron chi connectivity index (χ3n) is 3.99. The molecule has 0 saturated carbocycles. The molecule has 1 aromatic heterocycles. The van der Waals surface area contributed by atoms with Crippen LogP contribution in [0.5, 0.6) is 5.75 Å². The van der Waals surface area contributed by atoms with Crippen molar-refractivity contribution in [1.29, 1.82) is 0 Å². The Labute approximate surface area is 140 Å². The Bertz CT molecular complexity index is 873. The Morgan fingerprint density at radius 2 is 1.88 bits per heavy atom. The fourth-order valence-corrected chi connectivity index (χ4v) is 2.71. The van der Waals surface area contributed by atoms with Gasteiger partial charge in [-0.1, -0.05) is 38.1 Å². The Hall–Kier alpha value is -2.75. The van der Waals surface area contributed by atoms with E-state index in [0.717, 1.165) is 5.56 Å². The van der Waals surface area contributed by atoms with Crippen molar-refractivity contribution in [3.8, 4) is 17.1 Å². The van der Waals surface area contributed by atoms with Gasteiger partial charge in [0.15, 0.2) is 0 Å². The molecule has 0 aliphatic carbocycles. The fourth-order valence-electron chi connectivity index (χ4n) is 2.71. The van der Waals surface area contributed by atoms with Crippen LogP contribution in [0.4, 0.5) is 0 Å². The molecule has 0 spiro atoms. The second-order valence-corrected chi connectivity index (χ2v) is 5.98. The molecule has 1 heterocycles. The molecule has 0 unspecified atom stereocenters. The maximum atomic E-state index is 12.4. The summed E-state index contributed by atoms with van der Waals surface area (Å²) in [7, 11) is 0. The van der Waals surface area contributed by atoms with E-state index < -0.39 is 5.97 Å². The van der Waals surface area contributed by atoms with Crippen LogP contribution in [0.1, 0.15) is 42.6 Å². The summed E-state index contributed by atoms with van der Waals surface area (Å²) in [5.74, 6) is 0.515. The molecule has 0 aliphatic heterocycles. The second-order valence-electron chi connectivity index (χ2n) is 5.98. The summed E-state index contributed by atoms with van der Waals surface area (Å²) >= 11 is 0. The number of phenolic OH excluding ortho intramolecular Hbond substituents is 1. The van der Waals surface area contributed by atoms with Crippen LogP contribution in [0, 0.1) is 0 Å². The van der Waals surface area contributed by atoms with Crippen LogP contribution in [0.25, 0.3) is 22.3 Å². The van der Waals surface area contributed by atoms with Crippen LogP contribution < -0.4 is 0 Å². The second kappa shape index (κ2) is 6.40. The van der Waals surface area contributed by atoms with Gasteiger partial charge in [0.25, 0.3) is 0 Å². The van der Waals surface area contributed by atoms with Gasteiger partial charge in [-0.25, -0.2) is 4.79 Å². The Morgan fingerprint density at radius 1 is 1.17 bits per heavy atom. The number of hydrogen-bond donors (Lipinski definition) is 1. The molecule has 4 heteroatoms. The number of carbonyl (C=O) groups is 1. The van der Waals surface area contributed by atoms with E-state index in [2.05, 4.69) is 13.8 Å². The average Bonchev–Trinajstić information content (AvgIpc) is 2.93. The summed E-state index contributed by atoms with van der Waals surface area (Å²) in [5.41, 5.74) is 2.90. The number of carbonyl (C=O) groups excluding carboxylic acids is 1. The molecule has 0 atom stereocenters. The first-order valence-corrected chi connectivity index (χ1v) is 8.04. The lowest BCUT2D eigenvalue weighted by atomic mass is 9.99. The van der Waals surface area contributed by atoms with E-state index in [0.29, 0.717) is 28.2 Å². The molecule has 24 heavy (non-hydrogen) atoms. The quantitative estimate of drug-likeness (QED) is 0.678. The number of rotatable bonds is 4. The van der Waals surface area contributed by atoms with Crippen LogP contribution in [0.3, 0.4) is 0 Å². The van der Waals surface area contributed by atoms with E-state index in [-0.39, 0.29) is 12.4 Å². The summed E-state index contributed by atoms with van der Waals surface area (Å²) in [4.78, 5) is 12.4. The van der Waals surface area contributed by atoms with Gasteiger partial charge in [0.2, 0.25) is 0 Å². The van der Waals surface area contributed by atoms with E-state index in [9.17, 15) is 9.90 Å². The highest BCUT2D eigenvalue weighted by molar-refractivity contribution is 6.09. The highest BCUT2D eigenvalue weighted by Crippen LogP contribution is 2.36. The Morgan fingerprint density at radius 3 is 2.50 bits per heavy atom. The first-order chi connectivity index (χ1) is 11.5. The maximum Gasteiger partial charge on any atom is 0.342 e. The van der Waals surface area contributed by atoms with Gasteiger partial charge in [-0.15, -0.1) is 0 Å². The molecule has 0 bridgehead atoms. The summed E-state index contributed by atoms with van der Waals surface area (Å²) in [6, 6.07) is 12.6. The predicted octanol–water partition coefficient (Wildman–Crippen LogP) is 5.11. The number of aromatic hydroxyl groups is 1. The molecule has 0 fully saturated rings. The molecule has 1 N–H and O–H groups in total. The van der Waals surface area contributed by atoms with Crippen LogP contribution in [0.2, 0.25) is 0 Å². The van der Waals surface area contributed by atoms with Gasteiger partial charge in [0, 0.05) is 10.9 Å². The van der Waals surface area contributed by atoms with Gasteiger partial charge >= 0.3 is 5.97 Å². The Kier molecular flexibility index (Phi) is 4.30. The highest BCUT2D eigenvalue weighted by atomic mass is 16.5. The van der Waals surface area contributed by atoms with E-state index in [4.69, 9.17) is 9.15 Å². The van der Waals surface area contributed by atoms with Crippen molar-refractivity contribution in [2.24, 2.45) is 0 Å². The minimum Gasteiger partial charge on any atom is -0.508 e. The molecule has 0 radical (unpaired) electrons. The molecule has 0 amide bonds. The molecule has 3 rings (SSSR count). The number of benzene rings is 2. The number of esters is 1.